The Kier molecular flexibility index (Phi) is 5.45. The number of pyridine rings is 1. The van der Waals surface area contributed by atoms with Crippen LogP contribution in [0.25, 0.3) is 10.2 Å². The zero-order chi connectivity index (χ0) is 18.6. The van der Waals surface area contributed by atoms with Crippen molar-refractivity contribution in [3.05, 3.63) is 58.9 Å². The van der Waals surface area contributed by atoms with Crippen LogP contribution in [0.3, 0.4) is 0 Å². The van der Waals surface area contributed by atoms with Crippen LogP contribution in [0.5, 0.6) is 0 Å². The minimum Gasteiger partial charge on any atom is -0.348 e. The van der Waals surface area contributed by atoms with E-state index >= 15 is 0 Å². The van der Waals surface area contributed by atoms with Gasteiger partial charge in [-0.2, -0.15) is 0 Å². The summed E-state index contributed by atoms with van der Waals surface area (Å²) >= 11 is 1.74. The number of hydrogen-bond donors (Lipinski definition) is 1. The SMILES string of the molecule is CCN1CCC(c2nc3ccc(C(=O)NCc4cccnc4)cc3s2)CC1. The van der Waals surface area contributed by atoms with E-state index in [2.05, 4.69) is 22.1 Å². The fraction of sp³-hybridized carbons (Fsp3) is 0.381. The maximum atomic E-state index is 12.5. The van der Waals surface area contributed by atoms with Crippen LogP contribution in [0.1, 0.15) is 46.6 Å². The third-order valence-corrected chi connectivity index (χ3v) is 6.41. The Hall–Kier alpha value is -2.31. The molecular formula is C21H24N4OS. The van der Waals surface area contributed by atoms with Crippen molar-refractivity contribution in [3.63, 3.8) is 0 Å². The molecule has 4 rings (SSSR count). The van der Waals surface area contributed by atoms with Gasteiger partial charge in [-0.1, -0.05) is 13.0 Å². The van der Waals surface area contributed by atoms with Gasteiger partial charge in [0.15, 0.2) is 0 Å². The molecule has 1 fully saturated rings. The summed E-state index contributed by atoms with van der Waals surface area (Å²) in [4.78, 5) is 23.9. The Morgan fingerprint density at radius 2 is 2.15 bits per heavy atom. The summed E-state index contributed by atoms with van der Waals surface area (Å²) in [6.45, 7) is 6.13. The highest BCUT2D eigenvalue weighted by Crippen LogP contribution is 2.34. The number of carbonyl (C=O) groups excluding carboxylic acids is 1. The first kappa shape index (κ1) is 18.1. The minimum absolute atomic E-state index is 0.0630. The van der Waals surface area contributed by atoms with E-state index in [1.54, 1.807) is 23.7 Å². The fourth-order valence-electron chi connectivity index (χ4n) is 3.54. The van der Waals surface area contributed by atoms with Crippen LogP contribution < -0.4 is 5.32 Å². The van der Waals surface area contributed by atoms with E-state index in [1.807, 2.05) is 30.3 Å². The molecule has 1 aliphatic rings. The Balaban J connectivity index is 1.45. The van der Waals surface area contributed by atoms with Crippen LogP contribution in [-0.4, -0.2) is 40.4 Å². The van der Waals surface area contributed by atoms with Crippen LogP contribution in [-0.2, 0) is 6.54 Å². The van der Waals surface area contributed by atoms with E-state index < -0.39 is 0 Å². The summed E-state index contributed by atoms with van der Waals surface area (Å²) in [5.41, 5.74) is 2.67. The second kappa shape index (κ2) is 8.15. The van der Waals surface area contributed by atoms with Crippen molar-refractivity contribution < 1.29 is 4.79 Å². The van der Waals surface area contributed by atoms with Crippen LogP contribution in [0, 0.1) is 0 Å². The first-order chi connectivity index (χ1) is 13.2. The van der Waals surface area contributed by atoms with E-state index in [1.165, 1.54) is 17.8 Å². The van der Waals surface area contributed by atoms with Gasteiger partial charge in [-0.15, -0.1) is 11.3 Å². The van der Waals surface area contributed by atoms with Gasteiger partial charge in [0.05, 0.1) is 15.2 Å². The number of benzene rings is 1. The molecule has 27 heavy (non-hydrogen) atoms. The highest BCUT2D eigenvalue weighted by Gasteiger charge is 2.22. The summed E-state index contributed by atoms with van der Waals surface area (Å²) < 4.78 is 1.09. The van der Waals surface area contributed by atoms with Gasteiger partial charge in [0.25, 0.3) is 5.91 Å². The Morgan fingerprint density at radius 1 is 1.30 bits per heavy atom. The monoisotopic (exact) mass is 380 g/mol. The second-order valence-corrected chi connectivity index (χ2v) is 8.05. The first-order valence-corrected chi connectivity index (χ1v) is 10.3. The topological polar surface area (TPSA) is 58.1 Å². The Bertz CT molecular complexity index is 916. The number of amides is 1. The van der Waals surface area contributed by atoms with Crippen molar-refractivity contribution in [2.45, 2.75) is 32.2 Å². The van der Waals surface area contributed by atoms with Gasteiger partial charge in [-0.05, 0) is 62.3 Å². The molecule has 1 aromatic carbocycles. The van der Waals surface area contributed by atoms with Crippen LogP contribution in [0.2, 0.25) is 0 Å². The molecule has 0 spiro atoms. The molecular weight excluding hydrogens is 356 g/mol. The number of carbonyl (C=O) groups is 1. The Labute approximate surface area is 163 Å². The lowest BCUT2D eigenvalue weighted by atomic mass is 9.98. The number of piperidine rings is 1. The molecule has 1 aliphatic heterocycles. The molecule has 140 valence electrons. The molecule has 5 nitrogen and oxygen atoms in total. The fourth-order valence-corrected chi connectivity index (χ4v) is 4.72. The first-order valence-electron chi connectivity index (χ1n) is 9.53. The maximum Gasteiger partial charge on any atom is 0.251 e. The minimum atomic E-state index is -0.0630. The van der Waals surface area contributed by atoms with Gasteiger partial charge in [-0.3, -0.25) is 9.78 Å². The lowest BCUT2D eigenvalue weighted by molar-refractivity contribution is 0.0951. The predicted octanol–water partition coefficient (Wildman–Crippen LogP) is 3.82. The molecule has 2 aromatic heterocycles. The number of fused-ring (bicyclic) bond motifs is 1. The van der Waals surface area contributed by atoms with Crippen molar-refractivity contribution in [1.82, 2.24) is 20.2 Å². The molecule has 3 heterocycles. The third-order valence-electron chi connectivity index (χ3n) is 5.23. The molecule has 1 saturated heterocycles. The number of thiazole rings is 1. The van der Waals surface area contributed by atoms with E-state index in [-0.39, 0.29) is 5.91 Å². The number of hydrogen-bond acceptors (Lipinski definition) is 5. The molecule has 6 heteroatoms. The third kappa shape index (κ3) is 4.17. The highest BCUT2D eigenvalue weighted by atomic mass is 32.1. The summed E-state index contributed by atoms with van der Waals surface area (Å²) in [5, 5.41) is 4.18. The van der Waals surface area contributed by atoms with Crippen LogP contribution in [0.15, 0.2) is 42.7 Å². The average Bonchev–Trinajstić information content (AvgIpc) is 3.16. The lowest BCUT2D eigenvalue weighted by Gasteiger charge is -2.29. The summed E-state index contributed by atoms with van der Waals surface area (Å²) in [6.07, 6.45) is 5.84. The number of nitrogens with zero attached hydrogens (tertiary/aromatic N) is 3. The quantitative estimate of drug-likeness (QED) is 0.731. The largest absolute Gasteiger partial charge is 0.348 e. The summed E-state index contributed by atoms with van der Waals surface area (Å²) in [6, 6.07) is 9.63. The van der Waals surface area contributed by atoms with Gasteiger partial charge in [0.2, 0.25) is 0 Å². The van der Waals surface area contributed by atoms with Crippen molar-refractivity contribution in [2.24, 2.45) is 0 Å². The molecule has 0 bridgehead atoms. The average molecular weight is 381 g/mol. The molecule has 0 saturated carbocycles. The molecule has 0 radical (unpaired) electrons. The van der Waals surface area contributed by atoms with Gasteiger partial charge in [0, 0.05) is 30.4 Å². The molecule has 0 aliphatic carbocycles. The standard InChI is InChI=1S/C21H24N4OS/c1-2-25-10-7-16(8-11-25)21-24-18-6-5-17(12-19(18)27-21)20(26)23-14-15-4-3-9-22-13-15/h3-6,9,12-13,16H,2,7-8,10-11,14H2,1H3,(H,23,26). The molecule has 1 N–H and O–H groups in total. The van der Waals surface area contributed by atoms with Crippen molar-refractivity contribution >= 4 is 27.5 Å². The van der Waals surface area contributed by atoms with Crippen LogP contribution >= 0.6 is 11.3 Å². The predicted molar refractivity (Wildman–Crippen MR) is 109 cm³/mol. The molecule has 0 unspecified atom stereocenters. The van der Waals surface area contributed by atoms with Crippen LogP contribution in [0.4, 0.5) is 0 Å². The van der Waals surface area contributed by atoms with E-state index in [0.29, 0.717) is 18.0 Å². The highest BCUT2D eigenvalue weighted by molar-refractivity contribution is 7.18. The molecule has 0 atom stereocenters. The molecule has 3 aromatic rings. The normalized spacial score (nSPS) is 15.9. The van der Waals surface area contributed by atoms with Gasteiger partial charge in [0.1, 0.15) is 0 Å². The zero-order valence-corrected chi connectivity index (χ0v) is 16.3. The van der Waals surface area contributed by atoms with E-state index in [0.717, 1.165) is 35.4 Å². The zero-order valence-electron chi connectivity index (χ0n) is 15.5. The van der Waals surface area contributed by atoms with Gasteiger partial charge >= 0.3 is 0 Å². The smallest absolute Gasteiger partial charge is 0.251 e. The summed E-state index contributed by atoms with van der Waals surface area (Å²) in [7, 11) is 0. The lowest BCUT2D eigenvalue weighted by Crippen LogP contribution is -2.32. The number of aromatic nitrogens is 2. The second-order valence-electron chi connectivity index (χ2n) is 6.99. The summed E-state index contributed by atoms with van der Waals surface area (Å²) in [5.74, 6) is 0.486. The van der Waals surface area contributed by atoms with Crippen molar-refractivity contribution in [1.29, 1.82) is 0 Å². The van der Waals surface area contributed by atoms with E-state index in [4.69, 9.17) is 4.98 Å². The number of nitrogens with one attached hydrogen (secondary N) is 1. The van der Waals surface area contributed by atoms with Gasteiger partial charge in [-0.25, -0.2) is 4.98 Å². The Morgan fingerprint density at radius 3 is 2.89 bits per heavy atom. The number of likely N-dealkylation sites (tertiary alicyclic amines) is 1. The van der Waals surface area contributed by atoms with Gasteiger partial charge < -0.3 is 10.2 Å². The molecule has 1 amide bonds. The van der Waals surface area contributed by atoms with E-state index in [9.17, 15) is 4.79 Å². The van der Waals surface area contributed by atoms with Crippen molar-refractivity contribution in [3.8, 4) is 0 Å². The van der Waals surface area contributed by atoms with Crippen molar-refractivity contribution in [2.75, 3.05) is 19.6 Å². The number of rotatable bonds is 5. The maximum absolute atomic E-state index is 12.5.